The molecule has 118 valence electrons. The van der Waals surface area contributed by atoms with E-state index in [0.717, 1.165) is 35.3 Å². The molecule has 2 N–H and O–H groups in total. The average molecular weight is 408 g/mol. The van der Waals surface area contributed by atoms with Crippen molar-refractivity contribution in [1.29, 1.82) is 0 Å². The van der Waals surface area contributed by atoms with Gasteiger partial charge >= 0.3 is 6.09 Å². The molecule has 1 atom stereocenters. The highest BCUT2D eigenvalue weighted by atomic mass is 127. The summed E-state index contributed by atoms with van der Waals surface area (Å²) >= 11 is 2.24. The van der Waals surface area contributed by atoms with Crippen LogP contribution in [0, 0.1) is 3.70 Å². The zero-order valence-electron chi connectivity index (χ0n) is 12.1. The van der Waals surface area contributed by atoms with Crippen LogP contribution in [0.1, 0.15) is 31.1 Å². The molecular weight excluding hydrogens is 387 g/mol. The molecule has 1 aliphatic heterocycles. The van der Waals surface area contributed by atoms with Crippen LogP contribution in [0.25, 0.3) is 0 Å². The van der Waals surface area contributed by atoms with Crippen molar-refractivity contribution in [3.05, 3.63) is 15.5 Å². The summed E-state index contributed by atoms with van der Waals surface area (Å²) in [6, 6.07) is 0. The fourth-order valence-electron chi connectivity index (χ4n) is 2.32. The van der Waals surface area contributed by atoms with Crippen molar-refractivity contribution >= 4 is 28.7 Å². The Morgan fingerprint density at radius 2 is 2.48 bits per heavy atom. The zero-order valence-corrected chi connectivity index (χ0v) is 14.2. The number of ether oxygens (including phenoxy) is 1. The normalized spacial score (nSPS) is 18.9. The molecule has 1 saturated heterocycles. The van der Waals surface area contributed by atoms with Crippen molar-refractivity contribution in [1.82, 2.24) is 20.0 Å². The van der Waals surface area contributed by atoms with Gasteiger partial charge in [0.2, 0.25) is 0 Å². The molecule has 2 rings (SSSR count). The maximum absolute atomic E-state index is 10.4. The quantitative estimate of drug-likeness (QED) is 0.703. The first-order valence-corrected chi connectivity index (χ1v) is 8.14. The Balaban J connectivity index is 1.87. The van der Waals surface area contributed by atoms with Crippen LogP contribution in [-0.2, 0) is 11.3 Å². The highest BCUT2D eigenvalue weighted by Crippen LogP contribution is 2.23. The Morgan fingerprint density at radius 1 is 1.67 bits per heavy atom. The largest absolute Gasteiger partial charge is 0.465 e. The van der Waals surface area contributed by atoms with E-state index >= 15 is 0 Å². The van der Waals surface area contributed by atoms with Crippen molar-refractivity contribution in [2.45, 2.75) is 32.0 Å². The first-order valence-electron chi connectivity index (χ1n) is 7.06. The Labute approximate surface area is 137 Å². The van der Waals surface area contributed by atoms with Gasteiger partial charge in [-0.2, -0.15) is 5.10 Å². The highest BCUT2D eigenvalue weighted by molar-refractivity contribution is 14.1. The van der Waals surface area contributed by atoms with Crippen molar-refractivity contribution in [2.75, 3.05) is 26.7 Å². The van der Waals surface area contributed by atoms with Crippen LogP contribution in [0.3, 0.4) is 0 Å². The molecule has 8 heteroatoms. The van der Waals surface area contributed by atoms with Crippen LogP contribution in [0.4, 0.5) is 4.79 Å². The summed E-state index contributed by atoms with van der Waals surface area (Å²) in [6.45, 7) is 2.62. The lowest BCUT2D eigenvalue weighted by atomic mass is 10.2. The highest BCUT2D eigenvalue weighted by Gasteiger charge is 2.18. The smallest absolute Gasteiger partial charge is 0.404 e. The lowest BCUT2D eigenvalue weighted by Crippen LogP contribution is -2.31. The lowest BCUT2D eigenvalue weighted by Gasteiger charge is -2.22. The summed E-state index contributed by atoms with van der Waals surface area (Å²) in [5.74, 6) is 0. The summed E-state index contributed by atoms with van der Waals surface area (Å²) in [4.78, 5) is 12.5. The molecule has 1 amide bonds. The molecule has 1 unspecified atom stereocenters. The van der Waals surface area contributed by atoms with E-state index in [4.69, 9.17) is 9.84 Å². The Bertz CT molecular complexity index is 474. The molecule has 0 spiro atoms. The Hall–Kier alpha value is -0.870. The number of rotatable bonds is 6. The van der Waals surface area contributed by atoms with Crippen LogP contribution >= 0.6 is 22.6 Å². The first kappa shape index (κ1) is 16.5. The molecule has 1 aromatic rings. The summed E-state index contributed by atoms with van der Waals surface area (Å²) < 4.78 is 8.63. The summed E-state index contributed by atoms with van der Waals surface area (Å²) in [5, 5.41) is 15.5. The number of nitrogens with one attached hydrogen (secondary N) is 1. The van der Waals surface area contributed by atoms with Gasteiger partial charge in [0, 0.05) is 38.0 Å². The molecule has 0 bridgehead atoms. The minimum atomic E-state index is -0.986. The number of carbonyl (C=O) groups is 1. The average Bonchev–Trinajstić information content (AvgIpc) is 2.81. The van der Waals surface area contributed by atoms with Gasteiger partial charge in [-0.3, -0.25) is 0 Å². The van der Waals surface area contributed by atoms with Crippen LogP contribution in [-0.4, -0.2) is 52.6 Å². The van der Waals surface area contributed by atoms with E-state index in [1.54, 1.807) is 0 Å². The van der Waals surface area contributed by atoms with Gasteiger partial charge in [-0.05, 0) is 48.9 Å². The molecule has 21 heavy (non-hydrogen) atoms. The molecular formula is C13H21IN4O3. The standard InChI is InChI=1S/C13H21IN4O3/c1-17(6-5-15-13(19)20)8-10-9-18(16-12(10)14)11-4-2-3-7-21-11/h9,11,15H,2-8H2,1H3,(H,19,20). The number of hydrogen-bond donors (Lipinski definition) is 2. The van der Waals surface area contributed by atoms with Gasteiger partial charge in [-0.15, -0.1) is 0 Å². The van der Waals surface area contributed by atoms with E-state index in [-0.39, 0.29) is 6.23 Å². The van der Waals surface area contributed by atoms with Gasteiger partial charge in [-0.25, -0.2) is 9.48 Å². The van der Waals surface area contributed by atoms with Crippen LogP contribution in [0.15, 0.2) is 6.20 Å². The number of amides is 1. The molecule has 1 aromatic heterocycles. The van der Waals surface area contributed by atoms with E-state index in [1.807, 2.05) is 17.9 Å². The van der Waals surface area contributed by atoms with Crippen molar-refractivity contribution in [3.8, 4) is 0 Å². The van der Waals surface area contributed by atoms with E-state index in [2.05, 4.69) is 37.9 Å². The number of nitrogens with zero attached hydrogens (tertiary/aromatic N) is 3. The van der Waals surface area contributed by atoms with E-state index in [1.165, 1.54) is 6.42 Å². The van der Waals surface area contributed by atoms with Gasteiger partial charge in [0.25, 0.3) is 0 Å². The maximum atomic E-state index is 10.4. The van der Waals surface area contributed by atoms with Gasteiger partial charge in [0.15, 0.2) is 0 Å². The van der Waals surface area contributed by atoms with Crippen molar-refractivity contribution in [2.24, 2.45) is 0 Å². The van der Waals surface area contributed by atoms with Crippen molar-refractivity contribution < 1.29 is 14.6 Å². The van der Waals surface area contributed by atoms with E-state index < -0.39 is 6.09 Å². The van der Waals surface area contributed by atoms with Gasteiger partial charge in [-0.1, -0.05) is 0 Å². The topological polar surface area (TPSA) is 79.6 Å². The predicted molar refractivity (Wildman–Crippen MR) is 86.1 cm³/mol. The second-order valence-electron chi connectivity index (χ2n) is 5.22. The summed E-state index contributed by atoms with van der Waals surface area (Å²) in [7, 11) is 1.97. The molecule has 1 aliphatic rings. The third kappa shape index (κ3) is 5.11. The third-order valence-corrected chi connectivity index (χ3v) is 4.33. The molecule has 0 saturated carbocycles. The summed E-state index contributed by atoms with van der Waals surface area (Å²) in [5.41, 5.74) is 1.14. The second kappa shape index (κ2) is 7.95. The number of carboxylic acid groups (broad SMARTS) is 1. The SMILES string of the molecule is CN(CCNC(=O)O)Cc1cn(C2CCCCO2)nc1I. The van der Waals surface area contributed by atoms with E-state index in [0.29, 0.717) is 13.1 Å². The predicted octanol–water partition coefficient (Wildman–Crippen LogP) is 1.89. The lowest BCUT2D eigenvalue weighted by molar-refractivity contribution is -0.0397. The minimum absolute atomic E-state index is 0.0556. The van der Waals surface area contributed by atoms with Gasteiger partial charge in [0.1, 0.15) is 9.93 Å². The first-order chi connectivity index (χ1) is 10.1. The summed E-state index contributed by atoms with van der Waals surface area (Å²) in [6.07, 6.45) is 4.42. The molecule has 1 fully saturated rings. The monoisotopic (exact) mass is 408 g/mol. The van der Waals surface area contributed by atoms with Crippen LogP contribution in [0.5, 0.6) is 0 Å². The third-order valence-electron chi connectivity index (χ3n) is 3.42. The Kier molecular flexibility index (Phi) is 6.24. The van der Waals surface area contributed by atoms with Gasteiger partial charge in [0.05, 0.1) is 0 Å². The molecule has 7 nitrogen and oxygen atoms in total. The minimum Gasteiger partial charge on any atom is -0.465 e. The number of aromatic nitrogens is 2. The van der Waals surface area contributed by atoms with Crippen LogP contribution in [0.2, 0.25) is 0 Å². The van der Waals surface area contributed by atoms with Gasteiger partial charge < -0.3 is 20.1 Å². The molecule has 0 aliphatic carbocycles. The fourth-order valence-corrected chi connectivity index (χ4v) is 2.88. The fraction of sp³-hybridized carbons (Fsp3) is 0.692. The number of hydrogen-bond acceptors (Lipinski definition) is 4. The molecule has 0 radical (unpaired) electrons. The van der Waals surface area contributed by atoms with Crippen molar-refractivity contribution in [3.63, 3.8) is 0 Å². The number of likely N-dealkylation sites (N-methyl/N-ethyl adjacent to an activating group) is 1. The second-order valence-corrected chi connectivity index (χ2v) is 6.24. The number of halogens is 1. The van der Waals surface area contributed by atoms with E-state index in [9.17, 15) is 4.79 Å². The zero-order chi connectivity index (χ0) is 15.2. The molecule has 2 heterocycles. The Morgan fingerprint density at radius 3 is 3.14 bits per heavy atom. The van der Waals surface area contributed by atoms with Crippen LogP contribution < -0.4 is 5.32 Å². The maximum Gasteiger partial charge on any atom is 0.404 e. The molecule has 0 aromatic carbocycles.